The monoisotopic (exact) mass is 282 g/mol. The molecule has 1 heterocycles. The Morgan fingerprint density at radius 1 is 1.53 bits per heavy atom. The van der Waals surface area contributed by atoms with Crippen LogP contribution in [0.25, 0.3) is 0 Å². The molecule has 0 spiro atoms. The molecule has 1 aromatic heterocycles. The summed E-state index contributed by atoms with van der Waals surface area (Å²) in [5.74, 6) is 0. The highest BCUT2D eigenvalue weighted by atomic mass is 32.1. The lowest BCUT2D eigenvalue weighted by Gasteiger charge is -2.16. The predicted octanol–water partition coefficient (Wildman–Crippen LogP) is 2.66. The number of hydrogen-bond acceptors (Lipinski definition) is 3. The van der Waals surface area contributed by atoms with Gasteiger partial charge in [-0.05, 0) is 47.1 Å². The number of carbonyl (C=O) groups excluding carboxylic acids is 1. The minimum absolute atomic E-state index is 0.184. The fourth-order valence-electron chi connectivity index (χ4n) is 2.32. The van der Waals surface area contributed by atoms with Crippen molar-refractivity contribution in [3.63, 3.8) is 0 Å². The van der Waals surface area contributed by atoms with E-state index in [1.54, 1.807) is 11.3 Å². The van der Waals surface area contributed by atoms with Crippen LogP contribution in [0.4, 0.5) is 4.79 Å². The zero-order valence-electron chi connectivity index (χ0n) is 11.3. The molecule has 4 nitrogen and oxygen atoms in total. The summed E-state index contributed by atoms with van der Waals surface area (Å²) in [5.41, 5.74) is 1.22. The van der Waals surface area contributed by atoms with E-state index in [9.17, 15) is 9.90 Å². The van der Waals surface area contributed by atoms with E-state index in [2.05, 4.69) is 17.6 Å². The Morgan fingerprint density at radius 3 is 2.89 bits per heavy atom. The maximum absolute atomic E-state index is 11.7. The van der Waals surface area contributed by atoms with Crippen LogP contribution in [0.1, 0.15) is 44.3 Å². The van der Waals surface area contributed by atoms with E-state index in [1.807, 2.05) is 16.8 Å². The van der Waals surface area contributed by atoms with Gasteiger partial charge < -0.3 is 15.7 Å². The Bertz CT molecular complexity index is 402. The zero-order valence-corrected chi connectivity index (χ0v) is 12.1. The van der Waals surface area contributed by atoms with Gasteiger partial charge in [0.1, 0.15) is 0 Å². The molecule has 1 unspecified atom stereocenters. The first-order valence-corrected chi connectivity index (χ1v) is 7.81. The molecule has 1 saturated carbocycles. The predicted molar refractivity (Wildman–Crippen MR) is 77.3 cm³/mol. The number of urea groups is 1. The lowest BCUT2D eigenvalue weighted by atomic mass is 10.0. The van der Waals surface area contributed by atoms with Gasteiger partial charge in [-0.2, -0.15) is 11.3 Å². The standard InChI is InChI=1S/C14H22N2O2S/c1-2-4-14(5-6-14)10-16-13(18)15-8-12(17)11-3-7-19-9-11/h3,7,9,12,17H,2,4-6,8,10H2,1H3,(H2,15,16,18). The molecule has 0 aliphatic heterocycles. The molecule has 0 saturated heterocycles. The normalized spacial score (nSPS) is 17.8. The lowest BCUT2D eigenvalue weighted by Crippen LogP contribution is -2.40. The second-order valence-corrected chi connectivity index (χ2v) is 6.17. The number of hydrogen-bond donors (Lipinski definition) is 3. The highest BCUT2D eigenvalue weighted by molar-refractivity contribution is 7.07. The van der Waals surface area contributed by atoms with Gasteiger partial charge in [0.2, 0.25) is 0 Å². The van der Waals surface area contributed by atoms with E-state index < -0.39 is 6.10 Å². The summed E-state index contributed by atoms with van der Waals surface area (Å²) in [5, 5.41) is 19.3. The summed E-state index contributed by atoms with van der Waals surface area (Å²) in [7, 11) is 0. The van der Waals surface area contributed by atoms with Gasteiger partial charge in [0.15, 0.2) is 0 Å². The second kappa shape index (κ2) is 6.39. The van der Waals surface area contributed by atoms with Gasteiger partial charge in [-0.15, -0.1) is 0 Å². The van der Waals surface area contributed by atoms with Crippen LogP contribution < -0.4 is 10.6 Å². The van der Waals surface area contributed by atoms with Gasteiger partial charge in [0.25, 0.3) is 0 Å². The van der Waals surface area contributed by atoms with Crippen molar-refractivity contribution in [2.45, 2.75) is 38.7 Å². The molecule has 3 N–H and O–H groups in total. The van der Waals surface area contributed by atoms with E-state index >= 15 is 0 Å². The van der Waals surface area contributed by atoms with Gasteiger partial charge in [0.05, 0.1) is 6.10 Å². The van der Waals surface area contributed by atoms with Crippen LogP contribution in [0.2, 0.25) is 0 Å². The molecule has 19 heavy (non-hydrogen) atoms. The highest BCUT2D eigenvalue weighted by Gasteiger charge is 2.41. The van der Waals surface area contributed by atoms with Gasteiger partial charge in [-0.1, -0.05) is 13.3 Å². The van der Waals surface area contributed by atoms with Crippen LogP contribution in [-0.2, 0) is 0 Å². The number of aliphatic hydroxyl groups is 1. The third kappa shape index (κ3) is 4.21. The van der Waals surface area contributed by atoms with Crippen molar-refractivity contribution in [1.29, 1.82) is 0 Å². The van der Waals surface area contributed by atoms with Crippen LogP contribution >= 0.6 is 11.3 Å². The number of aliphatic hydroxyl groups excluding tert-OH is 1. The summed E-state index contributed by atoms with van der Waals surface area (Å²) in [6.07, 6.45) is 4.17. The van der Waals surface area contributed by atoms with E-state index in [0.717, 1.165) is 12.1 Å². The van der Waals surface area contributed by atoms with Gasteiger partial charge >= 0.3 is 6.03 Å². The second-order valence-electron chi connectivity index (χ2n) is 5.39. The smallest absolute Gasteiger partial charge is 0.314 e. The molecule has 1 aliphatic carbocycles. The number of carbonyl (C=O) groups is 1. The molecule has 1 aliphatic rings. The van der Waals surface area contributed by atoms with E-state index in [4.69, 9.17) is 0 Å². The largest absolute Gasteiger partial charge is 0.387 e. The van der Waals surface area contributed by atoms with Crippen LogP contribution in [0, 0.1) is 5.41 Å². The number of rotatable bonds is 7. The van der Waals surface area contributed by atoms with E-state index in [-0.39, 0.29) is 12.6 Å². The van der Waals surface area contributed by atoms with Crippen molar-refractivity contribution >= 4 is 17.4 Å². The van der Waals surface area contributed by atoms with Gasteiger partial charge in [0, 0.05) is 13.1 Å². The summed E-state index contributed by atoms with van der Waals surface area (Å²) >= 11 is 1.54. The molecular weight excluding hydrogens is 260 g/mol. The summed E-state index contributed by atoms with van der Waals surface area (Å²) in [6.45, 7) is 3.18. The molecule has 2 rings (SSSR count). The van der Waals surface area contributed by atoms with E-state index in [1.165, 1.54) is 25.7 Å². The summed E-state index contributed by atoms with van der Waals surface area (Å²) in [4.78, 5) is 11.7. The zero-order chi connectivity index (χ0) is 13.7. The number of thiophene rings is 1. The van der Waals surface area contributed by atoms with Gasteiger partial charge in [-0.25, -0.2) is 4.79 Å². The third-order valence-electron chi connectivity index (χ3n) is 3.75. The molecule has 2 amide bonds. The van der Waals surface area contributed by atoms with Crippen LogP contribution in [0.15, 0.2) is 16.8 Å². The number of nitrogens with one attached hydrogen (secondary N) is 2. The molecule has 0 radical (unpaired) electrons. The minimum Gasteiger partial charge on any atom is -0.387 e. The topological polar surface area (TPSA) is 61.4 Å². The molecule has 1 atom stereocenters. The van der Waals surface area contributed by atoms with Crippen LogP contribution in [0.5, 0.6) is 0 Å². The fourth-order valence-corrected chi connectivity index (χ4v) is 3.03. The van der Waals surface area contributed by atoms with Crippen molar-refractivity contribution in [3.8, 4) is 0 Å². The highest BCUT2D eigenvalue weighted by Crippen LogP contribution is 2.48. The average molecular weight is 282 g/mol. The van der Waals surface area contributed by atoms with Crippen molar-refractivity contribution in [3.05, 3.63) is 22.4 Å². The Labute approximate surface area is 118 Å². The fraction of sp³-hybridized carbons (Fsp3) is 0.643. The Balaban J connectivity index is 1.65. The molecule has 106 valence electrons. The van der Waals surface area contributed by atoms with E-state index in [0.29, 0.717) is 5.41 Å². The lowest BCUT2D eigenvalue weighted by molar-refractivity contribution is 0.173. The Morgan fingerprint density at radius 2 is 2.32 bits per heavy atom. The summed E-state index contributed by atoms with van der Waals surface area (Å²) in [6, 6.07) is 1.69. The SMILES string of the molecule is CCCC1(CNC(=O)NCC(O)c2ccsc2)CC1. The Kier molecular flexibility index (Phi) is 4.82. The minimum atomic E-state index is -0.623. The third-order valence-corrected chi connectivity index (χ3v) is 4.45. The van der Waals surface area contributed by atoms with Crippen LogP contribution in [-0.4, -0.2) is 24.2 Å². The molecule has 0 bridgehead atoms. The van der Waals surface area contributed by atoms with Crippen molar-refractivity contribution < 1.29 is 9.90 Å². The number of amides is 2. The maximum atomic E-state index is 11.7. The first kappa shape index (κ1) is 14.3. The molecule has 1 aromatic rings. The van der Waals surface area contributed by atoms with Crippen molar-refractivity contribution in [1.82, 2.24) is 10.6 Å². The quantitative estimate of drug-likeness (QED) is 0.720. The van der Waals surface area contributed by atoms with Crippen molar-refractivity contribution in [2.75, 3.05) is 13.1 Å². The molecular formula is C14H22N2O2S. The van der Waals surface area contributed by atoms with Crippen molar-refractivity contribution in [2.24, 2.45) is 5.41 Å². The first-order valence-electron chi connectivity index (χ1n) is 6.87. The first-order chi connectivity index (χ1) is 9.15. The summed E-state index contributed by atoms with van der Waals surface area (Å²) < 4.78 is 0. The molecule has 1 fully saturated rings. The van der Waals surface area contributed by atoms with Crippen LogP contribution in [0.3, 0.4) is 0 Å². The van der Waals surface area contributed by atoms with Gasteiger partial charge in [-0.3, -0.25) is 0 Å². The Hall–Kier alpha value is -1.07. The average Bonchev–Trinajstić information content (AvgIpc) is 2.95. The molecule has 0 aromatic carbocycles. The maximum Gasteiger partial charge on any atom is 0.314 e. The molecule has 5 heteroatoms.